The predicted molar refractivity (Wildman–Crippen MR) is 69.1 cm³/mol. The zero-order valence-corrected chi connectivity index (χ0v) is 11.5. The molecule has 0 spiro atoms. The third kappa shape index (κ3) is 13.3. The third-order valence-corrected chi connectivity index (χ3v) is 2.62. The van der Waals surface area contributed by atoms with Gasteiger partial charge in [-0.3, -0.25) is 4.55 Å². The molecule has 17 heavy (non-hydrogen) atoms. The molecule has 0 fully saturated rings. The number of allylic oxidation sites excluding steroid dienone is 3. The molecular formula is C12H22O4S. The summed E-state index contributed by atoms with van der Waals surface area (Å²) in [5.74, 6) is 0.455. The molecule has 0 amide bonds. The van der Waals surface area contributed by atoms with E-state index in [2.05, 4.69) is 31.0 Å². The first-order valence-corrected chi connectivity index (χ1v) is 7.09. The summed E-state index contributed by atoms with van der Waals surface area (Å²) in [6.07, 6.45) is 8.71. The maximum Gasteiger partial charge on any atom is 0.397 e. The lowest BCUT2D eigenvalue weighted by Gasteiger charge is -2.03. The Kier molecular flexibility index (Phi) is 8.12. The van der Waals surface area contributed by atoms with Crippen LogP contribution < -0.4 is 0 Å². The fraction of sp³-hybridized carbons (Fsp3) is 0.667. The maximum absolute atomic E-state index is 10.2. The topological polar surface area (TPSA) is 63.6 Å². The second-order valence-electron chi connectivity index (χ2n) is 4.30. The van der Waals surface area contributed by atoms with E-state index in [-0.39, 0.29) is 6.61 Å². The van der Waals surface area contributed by atoms with Crippen LogP contribution in [-0.2, 0) is 14.6 Å². The van der Waals surface area contributed by atoms with Crippen LogP contribution in [0.4, 0.5) is 0 Å². The van der Waals surface area contributed by atoms with Crippen LogP contribution >= 0.6 is 0 Å². The largest absolute Gasteiger partial charge is 0.397 e. The van der Waals surface area contributed by atoms with Crippen molar-refractivity contribution in [3.8, 4) is 0 Å². The van der Waals surface area contributed by atoms with Gasteiger partial charge in [0.1, 0.15) is 0 Å². The van der Waals surface area contributed by atoms with E-state index in [1.54, 1.807) is 0 Å². The molecule has 0 aromatic rings. The van der Waals surface area contributed by atoms with Crippen molar-refractivity contribution in [2.24, 2.45) is 5.92 Å². The fourth-order valence-electron chi connectivity index (χ4n) is 1.28. The van der Waals surface area contributed by atoms with Gasteiger partial charge in [0.2, 0.25) is 0 Å². The van der Waals surface area contributed by atoms with E-state index in [9.17, 15) is 8.42 Å². The highest BCUT2D eigenvalue weighted by Gasteiger charge is 2.01. The van der Waals surface area contributed by atoms with Gasteiger partial charge in [0.05, 0.1) is 6.61 Å². The predicted octanol–water partition coefficient (Wildman–Crippen LogP) is 3.13. The van der Waals surface area contributed by atoms with Gasteiger partial charge in [0.15, 0.2) is 0 Å². The van der Waals surface area contributed by atoms with Crippen LogP contribution in [0.2, 0.25) is 0 Å². The Balaban J connectivity index is 3.67. The molecule has 1 N–H and O–H groups in total. The standard InChI is InChI=1S/C12H22O4S/c1-11(2)7-6-9-12(3)8-4-5-10-16-17(13,14)15/h4,7-8,12H,5-6,9-10H2,1-3H3,(H,13,14,15). The van der Waals surface area contributed by atoms with Crippen LogP contribution in [-0.4, -0.2) is 19.6 Å². The molecule has 0 bridgehead atoms. The lowest BCUT2D eigenvalue weighted by atomic mass is 10.0. The summed E-state index contributed by atoms with van der Waals surface area (Å²) in [5, 5.41) is 0. The smallest absolute Gasteiger partial charge is 0.264 e. The van der Waals surface area contributed by atoms with Crippen molar-refractivity contribution in [3.63, 3.8) is 0 Å². The van der Waals surface area contributed by atoms with Crippen molar-refractivity contribution in [2.45, 2.75) is 40.0 Å². The van der Waals surface area contributed by atoms with Crippen molar-refractivity contribution < 1.29 is 17.2 Å². The normalized spacial score (nSPS) is 13.9. The molecule has 4 nitrogen and oxygen atoms in total. The molecule has 0 aromatic heterocycles. The fourth-order valence-corrected chi connectivity index (χ4v) is 1.59. The van der Waals surface area contributed by atoms with E-state index >= 15 is 0 Å². The Labute approximate surface area is 104 Å². The molecule has 0 aliphatic rings. The summed E-state index contributed by atoms with van der Waals surface area (Å²) in [5.41, 5.74) is 1.32. The summed E-state index contributed by atoms with van der Waals surface area (Å²) >= 11 is 0. The van der Waals surface area contributed by atoms with Gasteiger partial charge in [-0.05, 0) is 39.0 Å². The van der Waals surface area contributed by atoms with Crippen molar-refractivity contribution in [1.82, 2.24) is 0 Å². The quantitative estimate of drug-likeness (QED) is 0.414. The van der Waals surface area contributed by atoms with Gasteiger partial charge >= 0.3 is 10.4 Å². The maximum atomic E-state index is 10.2. The van der Waals surface area contributed by atoms with Crippen molar-refractivity contribution in [2.75, 3.05) is 6.61 Å². The van der Waals surface area contributed by atoms with Crippen LogP contribution in [0, 0.1) is 5.92 Å². The molecule has 1 atom stereocenters. The minimum absolute atomic E-state index is 0.0178. The number of hydrogen-bond donors (Lipinski definition) is 1. The highest BCUT2D eigenvalue weighted by Crippen LogP contribution is 2.09. The van der Waals surface area contributed by atoms with Crippen LogP contribution in [0.5, 0.6) is 0 Å². The molecule has 5 heteroatoms. The van der Waals surface area contributed by atoms with Gasteiger partial charge in [-0.2, -0.15) is 8.42 Å². The average Bonchev–Trinajstić information content (AvgIpc) is 2.14. The minimum Gasteiger partial charge on any atom is -0.264 e. The van der Waals surface area contributed by atoms with Gasteiger partial charge in [-0.1, -0.05) is 30.7 Å². The van der Waals surface area contributed by atoms with Gasteiger partial charge in [-0.15, -0.1) is 0 Å². The van der Waals surface area contributed by atoms with E-state index in [0.717, 1.165) is 12.8 Å². The first-order valence-electron chi connectivity index (χ1n) is 5.73. The van der Waals surface area contributed by atoms with Crippen molar-refractivity contribution in [3.05, 3.63) is 23.8 Å². The van der Waals surface area contributed by atoms with Crippen molar-refractivity contribution >= 4 is 10.4 Å². The molecule has 0 aromatic carbocycles. The molecule has 0 heterocycles. The van der Waals surface area contributed by atoms with Crippen LogP contribution in [0.1, 0.15) is 40.0 Å². The van der Waals surface area contributed by atoms with Gasteiger partial charge in [0.25, 0.3) is 0 Å². The zero-order chi connectivity index (χ0) is 13.3. The lowest BCUT2D eigenvalue weighted by Crippen LogP contribution is -2.04. The second kappa shape index (κ2) is 8.44. The second-order valence-corrected chi connectivity index (χ2v) is 5.39. The van der Waals surface area contributed by atoms with E-state index in [0.29, 0.717) is 12.3 Å². The minimum atomic E-state index is -4.29. The van der Waals surface area contributed by atoms with Crippen LogP contribution in [0.3, 0.4) is 0 Å². The van der Waals surface area contributed by atoms with E-state index in [1.807, 2.05) is 12.2 Å². The summed E-state index contributed by atoms with van der Waals surface area (Å²) in [6, 6.07) is 0. The molecule has 100 valence electrons. The molecule has 0 rings (SSSR count). The molecular weight excluding hydrogens is 240 g/mol. The molecule has 0 saturated heterocycles. The number of hydrogen-bond acceptors (Lipinski definition) is 3. The van der Waals surface area contributed by atoms with E-state index in [4.69, 9.17) is 4.55 Å². The van der Waals surface area contributed by atoms with Crippen LogP contribution in [0.15, 0.2) is 23.8 Å². The lowest BCUT2D eigenvalue weighted by molar-refractivity contribution is 0.273. The van der Waals surface area contributed by atoms with Crippen molar-refractivity contribution in [1.29, 1.82) is 0 Å². The summed E-state index contributed by atoms with van der Waals surface area (Å²) in [7, 11) is -4.29. The van der Waals surface area contributed by atoms with E-state index in [1.165, 1.54) is 5.57 Å². The highest BCUT2D eigenvalue weighted by molar-refractivity contribution is 7.80. The average molecular weight is 262 g/mol. The Hall–Kier alpha value is -0.650. The Morgan fingerprint density at radius 1 is 1.35 bits per heavy atom. The summed E-state index contributed by atoms with van der Waals surface area (Å²) in [6.45, 7) is 6.25. The zero-order valence-electron chi connectivity index (χ0n) is 10.7. The van der Waals surface area contributed by atoms with E-state index < -0.39 is 10.4 Å². The first kappa shape index (κ1) is 16.4. The van der Waals surface area contributed by atoms with Gasteiger partial charge in [-0.25, -0.2) is 4.18 Å². The summed E-state index contributed by atoms with van der Waals surface area (Å²) < 4.78 is 33.0. The molecule has 1 unspecified atom stereocenters. The Morgan fingerprint density at radius 2 is 2.00 bits per heavy atom. The summed E-state index contributed by atoms with van der Waals surface area (Å²) in [4.78, 5) is 0. The van der Waals surface area contributed by atoms with Gasteiger partial charge in [0, 0.05) is 0 Å². The number of rotatable bonds is 8. The Bertz CT molecular complexity index is 351. The molecule has 0 radical (unpaired) electrons. The molecule has 0 aliphatic carbocycles. The molecule has 0 aliphatic heterocycles. The highest BCUT2D eigenvalue weighted by atomic mass is 32.3. The third-order valence-electron chi connectivity index (χ3n) is 2.16. The monoisotopic (exact) mass is 262 g/mol. The van der Waals surface area contributed by atoms with Crippen LogP contribution in [0.25, 0.3) is 0 Å². The van der Waals surface area contributed by atoms with Gasteiger partial charge < -0.3 is 0 Å². The SMILES string of the molecule is CC(C)=CCCC(C)C=CCCOS(=O)(=O)O. The Morgan fingerprint density at radius 3 is 2.53 bits per heavy atom. The first-order chi connectivity index (χ1) is 7.81. The molecule has 0 saturated carbocycles.